The Hall–Kier alpha value is -2.12. The van der Waals surface area contributed by atoms with Crippen LogP contribution in [0.25, 0.3) is 0 Å². The third-order valence-corrected chi connectivity index (χ3v) is 6.03. The van der Waals surface area contributed by atoms with E-state index in [1.807, 2.05) is 22.0 Å². The number of hydrogen-bond acceptors (Lipinski definition) is 5. The van der Waals surface area contributed by atoms with E-state index < -0.39 is 0 Å². The predicted molar refractivity (Wildman–Crippen MR) is 103 cm³/mol. The Kier molecular flexibility index (Phi) is 5.55. The summed E-state index contributed by atoms with van der Waals surface area (Å²) in [6, 6.07) is 7.13. The monoisotopic (exact) mass is 373 g/mol. The van der Waals surface area contributed by atoms with Crippen molar-refractivity contribution in [3.63, 3.8) is 0 Å². The summed E-state index contributed by atoms with van der Waals surface area (Å²) in [6.45, 7) is 4.20. The largest absolute Gasteiger partial charge is 0.328 e. The minimum Gasteiger partial charge on any atom is -0.328 e. The van der Waals surface area contributed by atoms with Crippen molar-refractivity contribution in [2.24, 2.45) is 0 Å². The lowest BCUT2D eigenvalue weighted by atomic mass is 10.1. The number of carbonyl (C=O) groups excluding carboxylic acids is 2. The average Bonchev–Trinajstić information content (AvgIpc) is 3.21. The molecule has 1 unspecified atom stereocenters. The lowest BCUT2D eigenvalue weighted by molar-refractivity contribution is -0.113. The van der Waals surface area contributed by atoms with Gasteiger partial charge in [0.05, 0.1) is 6.04 Å². The molecule has 1 aliphatic rings. The Labute approximate surface area is 155 Å². The summed E-state index contributed by atoms with van der Waals surface area (Å²) < 4.78 is 0. The van der Waals surface area contributed by atoms with Gasteiger partial charge in [-0.1, -0.05) is 6.58 Å². The van der Waals surface area contributed by atoms with E-state index in [1.165, 1.54) is 11.0 Å². The van der Waals surface area contributed by atoms with Crippen LogP contribution in [0.2, 0.25) is 0 Å². The quantitative estimate of drug-likeness (QED) is 0.772. The molecule has 2 amide bonds. The van der Waals surface area contributed by atoms with Crippen molar-refractivity contribution in [2.75, 3.05) is 30.0 Å². The molecule has 1 aliphatic heterocycles. The Balaban J connectivity index is 1.79. The molecule has 3 rings (SSSR count). The summed E-state index contributed by atoms with van der Waals surface area (Å²) in [7, 11) is 1.68. The molecule has 7 heteroatoms. The summed E-state index contributed by atoms with van der Waals surface area (Å²) >= 11 is 3.43. The van der Waals surface area contributed by atoms with Crippen LogP contribution in [0.4, 0.5) is 5.69 Å². The van der Waals surface area contributed by atoms with Gasteiger partial charge in [0, 0.05) is 47.9 Å². The predicted octanol–water partition coefficient (Wildman–Crippen LogP) is 3.22. The first-order valence-electron chi connectivity index (χ1n) is 7.90. The second-order valence-corrected chi connectivity index (χ2v) is 7.68. The van der Waals surface area contributed by atoms with Crippen LogP contribution < -0.4 is 4.90 Å². The van der Waals surface area contributed by atoms with Gasteiger partial charge < -0.3 is 9.80 Å². The Morgan fingerprint density at radius 2 is 2.12 bits per heavy atom. The number of anilines is 1. The highest BCUT2D eigenvalue weighted by Crippen LogP contribution is 2.32. The third kappa shape index (κ3) is 3.77. The number of amides is 2. The zero-order valence-electron chi connectivity index (χ0n) is 13.9. The third-order valence-electron chi connectivity index (χ3n) is 4.13. The van der Waals surface area contributed by atoms with Gasteiger partial charge in [-0.25, -0.2) is 4.98 Å². The van der Waals surface area contributed by atoms with E-state index in [2.05, 4.69) is 11.6 Å². The molecule has 25 heavy (non-hydrogen) atoms. The molecule has 1 saturated heterocycles. The van der Waals surface area contributed by atoms with Gasteiger partial charge in [0.2, 0.25) is 5.91 Å². The van der Waals surface area contributed by atoms with Crippen molar-refractivity contribution in [3.05, 3.63) is 59.1 Å². The van der Waals surface area contributed by atoms with Gasteiger partial charge in [-0.15, -0.1) is 11.3 Å². The molecule has 2 heterocycles. The number of carbonyl (C=O) groups is 2. The van der Waals surface area contributed by atoms with Crippen LogP contribution in [-0.2, 0) is 4.79 Å². The van der Waals surface area contributed by atoms with Crippen LogP contribution in [0.3, 0.4) is 0 Å². The van der Waals surface area contributed by atoms with Crippen LogP contribution >= 0.6 is 23.1 Å². The highest BCUT2D eigenvalue weighted by molar-refractivity contribution is 7.99. The van der Waals surface area contributed by atoms with E-state index in [9.17, 15) is 9.59 Å². The Bertz CT molecular complexity index is 759. The molecule has 0 aliphatic carbocycles. The highest BCUT2D eigenvalue weighted by atomic mass is 32.2. The standard InChI is InChI=1S/C18H19N3O2S2/c1-3-16(22)20(2)14-6-4-13(5-7-14)18(23)21-9-11-24-12-15(21)17-19-8-10-25-17/h3-8,10,15H,1,9,11-12H2,2H3. The van der Waals surface area contributed by atoms with Crippen molar-refractivity contribution < 1.29 is 9.59 Å². The van der Waals surface area contributed by atoms with E-state index in [4.69, 9.17) is 0 Å². The molecule has 0 radical (unpaired) electrons. The number of thioether (sulfide) groups is 1. The minimum atomic E-state index is -0.184. The lowest BCUT2D eigenvalue weighted by Gasteiger charge is -2.34. The van der Waals surface area contributed by atoms with Crippen molar-refractivity contribution in [2.45, 2.75) is 6.04 Å². The van der Waals surface area contributed by atoms with Crippen molar-refractivity contribution in [3.8, 4) is 0 Å². The highest BCUT2D eigenvalue weighted by Gasteiger charge is 2.30. The second-order valence-electron chi connectivity index (χ2n) is 5.61. The SMILES string of the molecule is C=CC(=O)N(C)c1ccc(C(=O)N2CCSCC2c2nccs2)cc1. The maximum atomic E-state index is 13.0. The minimum absolute atomic E-state index is 0.00440. The zero-order chi connectivity index (χ0) is 17.8. The second kappa shape index (κ2) is 7.84. The molecular formula is C18H19N3O2S2. The number of benzene rings is 1. The number of thiazole rings is 1. The molecule has 1 atom stereocenters. The van der Waals surface area contributed by atoms with Gasteiger partial charge in [-0.3, -0.25) is 9.59 Å². The zero-order valence-corrected chi connectivity index (χ0v) is 15.6. The van der Waals surface area contributed by atoms with Gasteiger partial charge in [-0.2, -0.15) is 11.8 Å². The number of rotatable bonds is 4. The number of hydrogen-bond donors (Lipinski definition) is 0. The summed E-state index contributed by atoms with van der Waals surface area (Å²) in [4.78, 5) is 32.4. The summed E-state index contributed by atoms with van der Waals surface area (Å²) in [6.07, 6.45) is 3.05. The first-order valence-corrected chi connectivity index (χ1v) is 9.93. The normalized spacial score (nSPS) is 17.2. The summed E-state index contributed by atoms with van der Waals surface area (Å²) in [5, 5.41) is 2.92. The van der Waals surface area contributed by atoms with E-state index in [0.717, 1.165) is 22.2 Å². The molecule has 1 fully saturated rings. The van der Waals surface area contributed by atoms with Crippen molar-refractivity contribution in [1.29, 1.82) is 0 Å². The number of likely N-dealkylation sites (N-methyl/N-ethyl adjacent to an activating group) is 1. The molecule has 1 aromatic heterocycles. The smallest absolute Gasteiger partial charge is 0.254 e. The molecule has 5 nitrogen and oxygen atoms in total. The summed E-state index contributed by atoms with van der Waals surface area (Å²) in [5.74, 6) is 1.62. The summed E-state index contributed by atoms with van der Waals surface area (Å²) in [5.41, 5.74) is 1.35. The van der Waals surface area contributed by atoms with Crippen LogP contribution in [0.15, 0.2) is 48.5 Å². The van der Waals surface area contributed by atoms with Crippen molar-refractivity contribution >= 4 is 40.6 Å². The molecule has 2 aromatic rings. The molecule has 0 spiro atoms. The van der Waals surface area contributed by atoms with E-state index >= 15 is 0 Å². The lowest BCUT2D eigenvalue weighted by Crippen LogP contribution is -2.40. The number of nitrogens with zero attached hydrogens (tertiary/aromatic N) is 3. The van der Waals surface area contributed by atoms with Crippen molar-refractivity contribution in [1.82, 2.24) is 9.88 Å². The first-order chi connectivity index (χ1) is 12.1. The Morgan fingerprint density at radius 3 is 2.76 bits per heavy atom. The molecule has 0 bridgehead atoms. The van der Waals surface area contributed by atoms with Crippen LogP contribution in [0.1, 0.15) is 21.4 Å². The number of aromatic nitrogens is 1. The van der Waals surface area contributed by atoms with Gasteiger partial charge in [-0.05, 0) is 30.3 Å². The average molecular weight is 374 g/mol. The van der Waals surface area contributed by atoms with Crippen LogP contribution in [-0.4, -0.2) is 46.8 Å². The molecule has 1 aromatic carbocycles. The molecule has 0 N–H and O–H groups in total. The van der Waals surface area contributed by atoms with Gasteiger partial charge >= 0.3 is 0 Å². The van der Waals surface area contributed by atoms with Crippen LogP contribution in [0, 0.1) is 0 Å². The van der Waals surface area contributed by atoms with Gasteiger partial charge in [0.15, 0.2) is 0 Å². The molecule has 0 saturated carbocycles. The maximum absolute atomic E-state index is 13.0. The van der Waals surface area contributed by atoms with Crippen LogP contribution in [0.5, 0.6) is 0 Å². The topological polar surface area (TPSA) is 53.5 Å². The molecule has 130 valence electrons. The maximum Gasteiger partial charge on any atom is 0.254 e. The fourth-order valence-corrected chi connectivity index (χ4v) is 4.62. The van der Waals surface area contributed by atoms with E-state index in [1.54, 1.807) is 48.8 Å². The first kappa shape index (κ1) is 17.7. The fraction of sp³-hybridized carbons (Fsp3) is 0.278. The van der Waals surface area contributed by atoms with E-state index in [0.29, 0.717) is 12.1 Å². The van der Waals surface area contributed by atoms with Gasteiger partial charge in [0.25, 0.3) is 5.91 Å². The van der Waals surface area contributed by atoms with E-state index in [-0.39, 0.29) is 17.9 Å². The Morgan fingerprint density at radius 1 is 1.36 bits per heavy atom. The molecular weight excluding hydrogens is 354 g/mol. The fourth-order valence-electron chi connectivity index (χ4n) is 2.71. The van der Waals surface area contributed by atoms with Gasteiger partial charge in [0.1, 0.15) is 5.01 Å².